The van der Waals surface area contributed by atoms with Crippen LogP contribution in [0.15, 0.2) is 47.4 Å². The number of esters is 1. The Kier molecular flexibility index (Phi) is 6.69. The number of benzene rings is 2. The third-order valence-corrected chi connectivity index (χ3v) is 6.70. The average molecular weight is 459 g/mol. The summed E-state index contributed by atoms with van der Waals surface area (Å²) in [7, 11) is -3.73. The third-order valence-electron chi connectivity index (χ3n) is 4.54. The predicted molar refractivity (Wildman–Crippen MR) is 103 cm³/mol. The standard InChI is InChI=1S/C19H17ClF2N2O5S/c20-13-4-6-14(7-5-13)30(27,28)24-10-8-23(9-11-24)17(25)12-29-19(26)18-15(21)2-1-3-16(18)22/h1-7H,8-12H2. The SMILES string of the molecule is O=C(OCC(=O)N1CCN(S(=O)(=O)c2ccc(Cl)cc2)CC1)c1c(F)cccc1F. The van der Waals surface area contributed by atoms with Crippen LogP contribution < -0.4 is 0 Å². The van der Waals surface area contributed by atoms with Crippen molar-refractivity contribution in [3.05, 3.63) is 64.7 Å². The number of halogens is 3. The molecule has 0 spiro atoms. The number of carbonyl (C=O) groups excluding carboxylic acids is 2. The molecule has 0 atom stereocenters. The van der Waals surface area contributed by atoms with Crippen LogP contribution in [0.5, 0.6) is 0 Å². The molecule has 0 radical (unpaired) electrons. The summed E-state index contributed by atoms with van der Waals surface area (Å²) in [5.41, 5.74) is -0.871. The van der Waals surface area contributed by atoms with Crippen molar-refractivity contribution in [1.82, 2.24) is 9.21 Å². The largest absolute Gasteiger partial charge is 0.452 e. The summed E-state index contributed by atoms with van der Waals surface area (Å²) < 4.78 is 58.4. The molecule has 160 valence electrons. The van der Waals surface area contributed by atoms with Gasteiger partial charge in [0.1, 0.15) is 17.2 Å². The number of sulfonamides is 1. The van der Waals surface area contributed by atoms with E-state index in [0.29, 0.717) is 5.02 Å². The zero-order valence-corrected chi connectivity index (χ0v) is 17.1. The van der Waals surface area contributed by atoms with Crippen LogP contribution in [-0.2, 0) is 19.6 Å². The minimum atomic E-state index is -3.73. The lowest BCUT2D eigenvalue weighted by molar-refractivity contribution is -0.135. The van der Waals surface area contributed by atoms with Crippen LogP contribution in [0.4, 0.5) is 8.78 Å². The second-order valence-electron chi connectivity index (χ2n) is 6.41. The van der Waals surface area contributed by atoms with E-state index in [2.05, 4.69) is 0 Å². The Labute approximate surface area is 176 Å². The highest BCUT2D eigenvalue weighted by molar-refractivity contribution is 7.89. The van der Waals surface area contributed by atoms with Gasteiger partial charge in [0.05, 0.1) is 4.90 Å². The van der Waals surface area contributed by atoms with Crippen molar-refractivity contribution in [2.24, 2.45) is 0 Å². The Hall–Kier alpha value is -2.56. The Morgan fingerprint density at radius 2 is 1.53 bits per heavy atom. The molecule has 0 aromatic heterocycles. The molecule has 0 unspecified atom stereocenters. The van der Waals surface area contributed by atoms with E-state index in [1.807, 2.05) is 0 Å². The molecule has 30 heavy (non-hydrogen) atoms. The van der Waals surface area contributed by atoms with Gasteiger partial charge in [-0.2, -0.15) is 4.31 Å². The van der Waals surface area contributed by atoms with Crippen molar-refractivity contribution in [3.63, 3.8) is 0 Å². The highest BCUT2D eigenvalue weighted by Gasteiger charge is 2.30. The molecule has 1 fully saturated rings. The van der Waals surface area contributed by atoms with Crippen molar-refractivity contribution < 1.29 is 31.5 Å². The Bertz CT molecular complexity index is 1030. The Morgan fingerprint density at radius 1 is 0.967 bits per heavy atom. The number of hydrogen-bond acceptors (Lipinski definition) is 5. The fourth-order valence-corrected chi connectivity index (χ4v) is 4.47. The molecular weight excluding hydrogens is 442 g/mol. The number of amides is 1. The smallest absolute Gasteiger partial charge is 0.344 e. The molecule has 0 aliphatic carbocycles. The van der Waals surface area contributed by atoms with Crippen LogP contribution in [-0.4, -0.2) is 62.3 Å². The Morgan fingerprint density at radius 3 is 2.10 bits per heavy atom. The summed E-state index contributed by atoms with van der Waals surface area (Å²) in [5, 5.41) is 0.411. The van der Waals surface area contributed by atoms with Gasteiger partial charge in [-0.15, -0.1) is 0 Å². The van der Waals surface area contributed by atoms with Crippen molar-refractivity contribution >= 4 is 33.5 Å². The average Bonchev–Trinajstić information content (AvgIpc) is 2.72. The number of carbonyl (C=O) groups is 2. The van der Waals surface area contributed by atoms with Crippen LogP contribution >= 0.6 is 11.6 Å². The molecule has 2 aromatic rings. The van der Waals surface area contributed by atoms with E-state index in [1.54, 1.807) is 0 Å². The summed E-state index contributed by atoms with van der Waals surface area (Å²) in [6.07, 6.45) is 0. The van der Waals surface area contributed by atoms with Gasteiger partial charge in [0.2, 0.25) is 10.0 Å². The second kappa shape index (κ2) is 9.07. The summed E-state index contributed by atoms with van der Waals surface area (Å²) >= 11 is 5.78. The van der Waals surface area contributed by atoms with Gasteiger partial charge >= 0.3 is 5.97 Å². The second-order valence-corrected chi connectivity index (χ2v) is 8.79. The first-order valence-corrected chi connectivity index (χ1v) is 10.7. The zero-order chi connectivity index (χ0) is 21.9. The first kappa shape index (κ1) is 22.1. The zero-order valence-electron chi connectivity index (χ0n) is 15.6. The lowest BCUT2D eigenvalue weighted by Crippen LogP contribution is -2.51. The quantitative estimate of drug-likeness (QED) is 0.642. The highest BCUT2D eigenvalue weighted by Crippen LogP contribution is 2.20. The lowest BCUT2D eigenvalue weighted by Gasteiger charge is -2.33. The van der Waals surface area contributed by atoms with Gasteiger partial charge in [-0.25, -0.2) is 22.0 Å². The molecule has 0 saturated carbocycles. The number of hydrogen-bond donors (Lipinski definition) is 0. The maximum atomic E-state index is 13.6. The molecule has 1 amide bonds. The molecule has 3 rings (SSSR count). The topological polar surface area (TPSA) is 84.0 Å². The van der Waals surface area contributed by atoms with E-state index in [9.17, 15) is 26.8 Å². The maximum Gasteiger partial charge on any atom is 0.344 e. The molecular formula is C19H17ClF2N2O5S. The van der Waals surface area contributed by atoms with Crippen LogP contribution in [0.2, 0.25) is 5.02 Å². The molecule has 2 aromatic carbocycles. The molecule has 1 saturated heterocycles. The molecule has 1 heterocycles. The summed E-state index contributed by atoms with van der Waals surface area (Å²) in [5.74, 6) is -4.06. The molecule has 0 N–H and O–H groups in total. The van der Waals surface area contributed by atoms with Crippen molar-refractivity contribution in [1.29, 1.82) is 0 Å². The van der Waals surface area contributed by atoms with Crippen molar-refractivity contribution in [2.45, 2.75) is 4.90 Å². The van der Waals surface area contributed by atoms with Gasteiger partial charge in [-0.3, -0.25) is 4.79 Å². The molecule has 1 aliphatic heterocycles. The highest BCUT2D eigenvalue weighted by atomic mass is 35.5. The van der Waals surface area contributed by atoms with E-state index in [0.717, 1.165) is 18.2 Å². The van der Waals surface area contributed by atoms with Crippen LogP contribution in [0.25, 0.3) is 0 Å². The van der Waals surface area contributed by atoms with Gasteiger partial charge in [-0.1, -0.05) is 17.7 Å². The van der Waals surface area contributed by atoms with Crippen molar-refractivity contribution in [2.75, 3.05) is 32.8 Å². The van der Waals surface area contributed by atoms with E-state index in [1.165, 1.54) is 33.5 Å². The summed E-state index contributed by atoms with van der Waals surface area (Å²) in [6, 6.07) is 8.66. The Balaban J connectivity index is 1.55. The number of rotatable bonds is 5. The first-order valence-electron chi connectivity index (χ1n) is 8.85. The van der Waals surface area contributed by atoms with Gasteiger partial charge in [-0.05, 0) is 36.4 Å². The number of nitrogens with zero attached hydrogens (tertiary/aromatic N) is 2. The van der Waals surface area contributed by atoms with E-state index >= 15 is 0 Å². The van der Waals surface area contributed by atoms with Crippen LogP contribution in [0.3, 0.4) is 0 Å². The number of ether oxygens (including phenoxy) is 1. The van der Waals surface area contributed by atoms with Crippen LogP contribution in [0.1, 0.15) is 10.4 Å². The fourth-order valence-electron chi connectivity index (χ4n) is 2.92. The number of piperazine rings is 1. The predicted octanol–water partition coefficient (Wildman–Crippen LogP) is 2.31. The normalized spacial score (nSPS) is 15.1. The van der Waals surface area contributed by atoms with Gasteiger partial charge in [0.25, 0.3) is 5.91 Å². The fraction of sp³-hybridized carbons (Fsp3) is 0.263. The first-order chi connectivity index (χ1) is 14.2. The van der Waals surface area contributed by atoms with Crippen molar-refractivity contribution in [3.8, 4) is 0 Å². The molecule has 0 bridgehead atoms. The maximum absolute atomic E-state index is 13.6. The minimum Gasteiger partial charge on any atom is -0.452 e. The van der Waals surface area contributed by atoms with Gasteiger partial charge < -0.3 is 9.64 Å². The molecule has 1 aliphatic rings. The molecule has 11 heteroatoms. The molecule has 7 nitrogen and oxygen atoms in total. The monoisotopic (exact) mass is 458 g/mol. The van der Waals surface area contributed by atoms with E-state index in [-0.39, 0.29) is 31.1 Å². The van der Waals surface area contributed by atoms with Gasteiger partial charge in [0.15, 0.2) is 6.61 Å². The summed E-state index contributed by atoms with van der Waals surface area (Å²) in [4.78, 5) is 25.5. The lowest BCUT2D eigenvalue weighted by atomic mass is 10.2. The van der Waals surface area contributed by atoms with E-state index in [4.69, 9.17) is 16.3 Å². The van der Waals surface area contributed by atoms with E-state index < -0.39 is 45.7 Å². The minimum absolute atomic E-state index is 0.0482. The summed E-state index contributed by atoms with van der Waals surface area (Å²) in [6.45, 7) is -0.454. The van der Waals surface area contributed by atoms with Crippen LogP contribution in [0, 0.1) is 11.6 Å². The third kappa shape index (κ3) is 4.77. The van der Waals surface area contributed by atoms with Gasteiger partial charge in [0, 0.05) is 31.2 Å².